The summed E-state index contributed by atoms with van der Waals surface area (Å²) in [6, 6.07) is 7.18. The third kappa shape index (κ3) is 2.38. The highest BCUT2D eigenvalue weighted by Gasteiger charge is 2.15. The first kappa shape index (κ1) is 11.4. The molecule has 0 aliphatic carbocycles. The van der Waals surface area contributed by atoms with Crippen LogP contribution in [-0.2, 0) is 0 Å². The van der Waals surface area contributed by atoms with E-state index >= 15 is 0 Å². The predicted molar refractivity (Wildman–Crippen MR) is 67.9 cm³/mol. The number of urea groups is 1. The average molecular weight is 232 g/mol. The van der Waals surface area contributed by atoms with Crippen LogP contribution in [0.3, 0.4) is 0 Å². The van der Waals surface area contributed by atoms with E-state index in [0.717, 1.165) is 23.9 Å². The molecule has 2 amide bonds. The van der Waals surface area contributed by atoms with Crippen LogP contribution in [0.1, 0.15) is 19.8 Å². The molecule has 0 fully saturated rings. The molecule has 5 heteroatoms. The third-order valence-corrected chi connectivity index (χ3v) is 2.63. The number of nitrogens with zero attached hydrogens (tertiary/aromatic N) is 2. The zero-order valence-electron chi connectivity index (χ0n) is 9.81. The minimum Gasteiger partial charge on any atom is -0.351 e. The van der Waals surface area contributed by atoms with Gasteiger partial charge in [0, 0.05) is 6.54 Å². The van der Waals surface area contributed by atoms with Gasteiger partial charge in [-0.05, 0) is 18.6 Å². The van der Waals surface area contributed by atoms with Gasteiger partial charge in [0.2, 0.25) is 5.95 Å². The van der Waals surface area contributed by atoms with E-state index in [-0.39, 0.29) is 0 Å². The van der Waals surface area contributed by atoms with Gasteiger partial charge < -0.3 is 10.7 Å². The normalized spacial score (nSPS) is 10.6. The second-order valence-corrected chi connectivity index (χ2v) is 3.92. The Labute approximate surface area is 99.6 Å². The maximum Gasteiger partial charge on any atom is 0.321 e. The second kappa shape index (κ2) is 4.86. The number of fused-ring (bicyclic) bond motifs is 1. The van der Waals surface area contributed by atoms with Gasteiger partial charge in [-0.2, -0.15) is 0 Å². The smallest absolute Gasteiger partial charge is 0.321 e. The molecule has 0 aliphatic rings. The highest BCUT2D eigenvalue weighted by atomic mass is 16.2. The summed E-state index contributed by atoms with van der Waals surface area (Å²) in [5.41, 5.74) is 7.10. The van der Waals surface area contributed by atoms with Crippen molar-refractivity contribution in [1.82, 2.24) is 9.97 Å². The SMILES string of the molecule is CCCCN(C(N)=O)c1nc2ccccc2[nH]1. The van der Waals surface area contributed by atoms with E-state index < -0.39 is 6.03 Å². The van der Waals surface area contributed by atoms with Gasteiger partial charge in [-0.1, -0.05) is 25.5 Å². The molecule has 1 aromatic heterocycles. The molecule has 1 aromatic carbocycles. The molecular formula is C12H16N4O. The molecule has 0 atom stereocenters. The number of aromatic nitrogens is 2. The van der Waals surface area contributed by atoms with Crippen molar-refractivity contribution in [2.75, 3.05) is 11.4 Å². The van der Waals surface area contributed by atoms with E-state index in [2.05, 4.69) is 16.9 Å². The molecule has 0 radical (unpaired) electrons. The lowest BCUT2D eigenvalue weighted by Gasteiger charge is -2.16. The number of hydrogen-bond acceptors (Lipinski definition) is 2. The summed E-state index contributed by atoms with van der Waals surface area (Å²) in [4.78, 5) is 20.3. The first-order valence-electron chi connectivity index (χ1n) is 5.74. The van der Waals surface area contributed by atoms with Crippen molar-refractivity contribution in [3.05, 3.63) is 24.3 Å². The Morgan fingerprint density at radius 3 is 2.88 bits per heavy atom. The molecule has 5 nitrogen and oxygen atoms in total. The minimum absolute atomic E-state index is 0.475. The second-order valence-electron chi connectivity index (χ2n) is 3.92. The standard InChI is InChI=1S/C12H16N4O/c1-2-3-8-16(11(13)17)12-14-9-6-4-5-7-10(9)15-12/h4-7H,2-3,8H2,1H3,(H2,13,17)(H,14,15). The zero-order chi connectivity index (χ0) is 12.3. The molecular weight excluding hydrogens is 216 g/mol. The fourth-order valence-corrected chi connectivity index (χ4v) is 1.70. The van der Waals surface area contributed by atoms with Crippen LogP contribution in [0.2, 0.25) is 0 Å². The van der Waals surface area contributed by atoms with Crippen LogP contribution >= 0.6 is 0 Å². The van der Waals surface area contributed by atoms with Crippen molar-refractivity contribution in [3.8, 4) is 0 Å². The maximum atomic E-state index is 11.4. The summed E-state index contributed by atoms with van der Waals surface area (Å²) in [6.45, 7) is 2.66. The van der Waals surface area contributed by atoms with E-state index in [0.29, 0.717) is 12.5 Å². The van der Waals surface area contributed by atoms with Crippen LogP contribution in [-0.4, -0.2) is 22.5 Å². The van der Waals surface area contributed by atoms with E-state index in [4.69, 9.17) is 5.73 Å². The third-order valence-electron chi connectivity index (χ3n) is 2.63. The van der Waals surface area contributed by atoms with Crippen LogP contribution in [0.5, 0.6) is 0 Å². The van der Waals surface area contributed by atoms with E-state index in [1.165, 1.54) is 4.90 Å². The zero-order valence-corrected chi connectivity index (χ0v) is 9.81. The number of amides is 2. The van der Waals surface area contributed by atoms with Crippen molar-refractivity contribution >= 4 is 23.0 Å². The Bertz CT molecular complexity index is 487. The molecule has 17 heavy (non-hydrogen) atoms. The number of aromatic amines is 1. The van der Waals surface area contributed by atoms with Gasteiger partial charge in [-0.15, -0.1) is 0 Å². The Hall–Kier alpha value is -2.04. The lowest BCUT2D eigenvalue weighted by molar-refractivity contribution is 0.253. The number of rotatable bonds is 4. The number of nitrogens with one attached hydrogen (secondary N) is 1. The molecule has 0 spiro atoms. The predicted octanol–water partition coefficient (Wildman–Crippen LogP) is 2.25. The van der Waals surface area contributed by atoms with Gasteiger partial charge in [-0.3, -0.25) is 4.90 Å². The summed E-state index contributed by atoms with van der Waals surface area (Å²) in [7, 11) is 0. The van der Waals surface area contributed by atoms with Crippen LogP contribution in [0, 0.1) is 0 Å². The quantitative estimate of drug-likeness (QED) is 0.848. The number of primary amides is 1. The molecule has 0 aliphatic heterocycles. The van der Waals surface area contributed by atoms with Crippen molar-refractivity contribution in [3.63, 3.8) is 0 Å². The Morgan fingerprint density at radius 2 is 2.24 bits per heavy atom. The van der Waals surface area contributed by atoms with Crippen LogP contribution < -0.4 is 10.6 Å². The first-order chi connectivity index (χ1) is 8.22. The number of para-hydroxylation sites is 2. The molecule has 0 saturated heterocycles. The topological polar surface area (TPSA) is 75.0 Å². The molecule has 0 unspecified atom stereocenters. The molecule has 0 saturated carbocycles. The van der Waals surface area contributed by atoms with Crippen molar-refractivity contribution < 1.29 is 4.79 Å². The fourth-order valence-electron chi connectivity index (χ4n) is 1.70. The summed E-state index contributed by atoms with van der Waals surface area (Å²) >= 11 is 0. The molecule has 0 bridgehead atoms. The number of anilines is 1. The number of unbranched alkanes of at least 4 members (excludes halogenated alkanes) is 1. The number of carbonyl (C=O) groups excluding carboxylic acids is 1. The van der Waals surface area contributed by atoms with Crippen LogP contribution in [0.15, 0.2) is 24.3 Å². The average Bonchev–Trinajstić information content (AvgIpc) is 2.72. The summed E-state index contributed by atoms with van der Waals surface area (Å²) in [5.74, 6) is 0.521. The van der Waals surface area contributed by atoms with E-state index in [1.54, 1.807) is 0 Å². The summed E-state index contributed by atoms with van der Waals surface area (Å²) in [6.07, 6.45) is 1.91. The van der Waals surface area contributed by atoms with Crippen LogP contribution in [0.25, 0.3) is 11.0 Å². The van der Waals surface area contributed by atoms with E-state index in [9.17, 15) is 4.79 Å². The lowest BCUT2D eigenvalue weighted by atomic mass is 10.3. The van der Waals surface area contributed by atoms with Gasteiger partial charge in [0.25, 0.3) is 0 Å². The van der Waals surface area contributed by atoms with Gasteiger partial charge in [0.1, 0.15) is 0 Å². The van der Waals surface area contributed by atoms with Crippen molar-refractivity contribution in [1.29, 1.82) is 0 Å². The lowest BCUT2D eigenvalue weighted by Crippen LogP contribution is -2.37. The van der Waals surface area contributed by atoms with E-state index in [1.807, 2.05) is 24.3 Å². The molecule has 3 N–H and O–H groups in total. The van der Waals surface area contributed by atoms with Crippen molar-refractivity contribution in [2.24, 2.45) is 5.73 Å². The number of imidazole rings is 1. The van der Waals surface area contributed by atoms with Crippen LogP contribution in [0.4, 0.5) is 10.7 Å². The summed E-state index contributed by atoms with van der Waals surface area (Å²) in [5, 5.41) is 0. The Kier molecular flexibility index (Phi) is 3.27. The Balaban J connectivity index is 2.31. The minimum atomic E-state index is -0.475. The van der Waals surface area contributed by atoms with Gasteiger partial charge in [0.15, 0.2) is 0 Å². The first-order valence-corrected chi connectivity index (χ1v) is 5.74. The molecule has 90 valence electrons. The number of hydrogen-bond donors (Lipinski definition) is 2. The number of carbonyl (C=O) groups is 1. The van der Waals surface area contributed by atoms with Crippen molar-refractivity contribution in [2.45, 2.75) is 19.8 Å². The Morgan fingerprint density at radius 1 is 1.47 bits per heavy atom. The van der Waals surface area contributed by atoms with Gasteiger partial charge in [0.05, 0.1) is 11.0 Å². The summed E-state index contributed by atoms with van der Waals surface area (Å²) < 4.78 is 0. The highest BCUT2D eigenvalue weighted by Crippen LogP contribution is 2.17. The highest BCUT2D eigenvalue weighted by molar-refractivity contribution is 5.90. The van der Waals surface area contributed by atoms with Gasteiger partial charge >= 0.3 is 6.03 Å². The maximum absolute atomic E-state index is 11.4. The number of benzene rings is 1. The largest absolute Gasteiger partial charge is 0.351 e. The molecule has 1 heterocycles. The number of H-pyrrole nitrogens is 1. The van der Waals surface area contributed by atoms with Gasteiger partial charge in [-0.25, -0.2) is 9.78 Å². The number of nitrogens with two attached hydrogens (primary N) is 1. The molecule has 2 rings (SSSR count). The fraction of sp³-hybridized carbons (Fsp3) is 0.333. The monoisotopic (exact) mass is 232 g/mol. The molecule has 2 aromatic rings.